The van der Waals surface area contributed by atoms with Gasteiger partial charge in [0, 0.05) is 18.6 Å². The van der Waals surface area contributed by atoms with Crippen LogP contribution in [0.15, 0.2) is 12.5 Å². The van der Waals surface area contributed by atoms with Crippen LogP contribution in [0, 0.1) is 0 Å². The first kappa shape index (κ1) is 11.6. The Balaban J connectivity index is 2.24. The van der Waals surface area contributed by atoms with E-state index in [1.54, 1.807) is 0 Å². The highest BCUT2D eigenvalue weighted by molar-refractivity contribution is 5.08. The molecule has 0 aromatic carbocycles. The van der Waals surface area contributed by atoms with Gasteiger partial charge >= 0.3 is 0 Å². The van der Waals surface area contributed by atoms with E-state index in [1.807, 2.05) is 12.5 Å². The van der Waals surface area contributed by atoms with Crippen molar-refractivity contribution in [3.8, 4) is 0 Å². The zero-order valence-corrected chi connectivity index (χ0v) is 10.4. The first-order valence-corrected chi connectivity index (χ1v) is 6.00. The lowest BCUT2D eigenvalue weighted by Crippen LogP contribution is -2.36. The van der Waals surface area contributed by atoms with Gasteiger partial charge in [0.05, 0.1) is 24.8 Å². The second kappa shape index (κ2) is 4.55. The van der Waals surface area contributed by atoms with Crippen molar-refractivity contribution < 1.29 is 4.74 Å². The molecular weight excluding hydrogens is 202 g/mol. The third kappa shape index (κ3) is 2.13. The first-order chi connectivity index (χ1) is 7.65. The topological polar surface area (TPSA) is 39.1 Å². The summed E-state index contributed by atoms with van der Waals surface area (Å²) in [7, 11) is 0. The molecule has 0 spiro atoms. The van der Waals surface area contributed by atoms with Crippen molar-refractivity contribution in [2.75, 3.05) is 19.7 Å². The summed E-state index contributed by atoms with van der Waals surface area (Å²) in [5.74, 6) is 0. The highest BCUT2D eigenvalue weighted by Gasteiger charge is 2.26. The van der Waals surface area contributed by atoms with Gasteiger partial charge < -0.3 is 14.6 Å². The Morgan fingerprint density at radius 2 is 2.44 bits per heavy atom. The fourth-order valence-electron chi connectivity index (χ4n) is 1.98. The maximum absolute atomic E-state index is 5.78. The van der Waals surface area contributed by atoms with Crippen molar-refractivity contribution >= 4 is 0 Å². The quantitative estimate of drug-likeness (QED) is 0.847. The molecule has 4 heteroatoms. The lowest BCUT2D eigenvalue weighted by molar-refractivity contribution is 0.0202. The van der Waals surface area contributed by atoms with Crippen LogP contribution in [0.2, 0.25) is 0 Å². The lowest BCUT2D eigenvalue weighted by atomic mass is 10.0. The van der Waals surface area contributed by atoms with E-state index >= 15 is 0 Å². The molecule has 1 saturated heterocycles. The summed E-state index contributed by atoms with van der Waals surface area (Å²) in [6.45, 7) is 9.27. The van der Waals surface area contributed by atoms with Gasteiger partial charge in [0.25, 0.3) is 0 Å². The molecular formula is C12H21N3O. The van der Waals surface area contributed by atoms with E-state index in [4.69, 9.17) is 4.74 Å². The van der Waals surface area contributed by atoms with Gasteiger partial charge in [-0.2, -0.15) is 0 Å². The standard InChI is InChI=1S/C12H21N3O/c1-4-12(2,3)15-9-14-7-10(15)11-8-13-5-6-16-11/h7,9,11,13H,4-6,8H2,1-3H3. The van der Waals surface area contributed by atoms with Crippen molar-refractivity contribution in [1.29, 1.82) is 0 Å². The second-order valence-electron chi connectivity index (χ2n) is 4.92. The molecule has 4 nitrogen and oxygen atoms in total. The van der Waals surface area contributed by atoms with E-state index in [9.17, 15) is 0 Å². The van der Waals surface area contributed by atoms with Crippen molar-refractivity contribution in [2.45, 2.75) is 38.8 Å². The SMILES string of the molecule is CCC(C)(C)n1cncc1C1CNCCO1. The van der Waals surface area contributed by atoms with E-state index in [2.05, 4.69) is 35.6 Å². The maximum Gasteiger partial charge on any atom is 0.111 e. The fourth-order valence-corrected chi connectivity index (χ4v) is 1.98. The first-order valence-electron chi connectivity index (χ1n) is 6.00. The summed E-state index contributed by atoms with van der Waals surface area (Å²) in [6, 6.07) is 0. The van der Waals surface area contributed by atoms with Crippen LogP contribution in [-0.4, -0.2) is 29.2 Å². The zero-order chi connectivity index (χ0) is 11.6. The van der Waals surface area contributed by atoms with Gasteiger partial charge in [0.15, 0.2) is 0 Å². The van der Waals surface area contributed by atoms with Crippen molar-refractivity contribution in [2.24, 2.45) is 0 Å². The smallest absolute Gasteiger partial charge is 0.111 e. The number of nitrogens with one attached hydrogen (secondary N) is 1. The Bertz CT molecular complexity index is 340. The molecule has 0 aliphatic carbocycles. The molecule has 1 aliphatic heterocycles. The summed E-state index contributed by atoms with van der Waals surface area (Å²) in [5.41, 5.74) is 1.28. The van der Waals surface area contributed by atoms with Gasteiger partial charge in [-0.3, -0.25) is 0 Å². The molecule has 0 bridgehead atoms. The Kier molecular flexibility index (Phi) is 3.30. The largest absolute Gasteiger partial charge is 0.369 e. The molecule has 1 aromatic heterocycles. The molecule has 0 radical (unpaired) electrons. The van der Waals surface area contributed by atoms with Gasteiger partial charge in [-0.05, 0) is 20.3 Å². The van der Waals surface area contributed by atoms with Crippen LogP contribution in [0.4, 0.5) is 0 Å². The van der Waals surface area contributed by atoms with E-state index in [0.717, 1.165) is 26.1 Å². The van der Waals surface area contributed by atoms with Crippen molar-refractivity contribution in [3.05, 3.63) is 18.2 Å². The maximum atomic E-state index is 5.78. The molecule has 1 fully saturated rings. The number of hydrogen-bond donors (Lipinski definition) is 1. The molecule has 0 saturated carbocycles. The summed E-state index contributed by atoms with van der Waals surface area (Å²) < 4.78 is 8.02. The van der Waals surface area contributed by atoms with E-state index in [-0.39, 0.29) is 11.6 Å². The molecule has 1 N–H and O–H groups in total. The van der Waals surface area contributed by atoms with Crippen LogP contribution in [0.5, 0.6) is 0 Å². The fraction of sp³-hybridized carbons (Fsp3) is 0.750. The predicted molar refractivity (Wildman–Crippen MR) is 63.4 cm³/mol. The number of nitrogens with zero attached hydrogens (tertiary/aromatic N) is 2. The van der Waals surface area contributed by atoms with E-state index < -0.39 is 0 Å². The third-order valence-electron chi connectivity index (χ3n) is 3.44. The highest BCUT2D eigenvalue weighted by Crippen LogP contribution is 2.26. The predicted octanol–water partition coefficient (Wildman–Crippen LogP) is 1.69. The molecule has 2 heterocycles. The molecule has 1 aliphatic rings. The van der Waals surface area contributed by atoms with Crippen LogP contribution in [0.3, 0.4) is 0 Å². The monoisotopic (exact) mass is 223 g/mol. The third-order valence-corrected chi connectivity index (χ3v) is 3.44. The minimum atomic E-state index is 0.104. The Labute approximate surface area is 97.0 Å². The Hall–Kier alpha value is -0.870. The van der Waals surface area contributed by atoms with Crippen LogP contribution >= 0.6 is 0 Å². The zero-order valence-electron chi connectivity index (χ0n) is 10.4. The normalized spacial score (nSPS) is 22.3. The molecule has 1 unspecified atom stereocenters. The van der Waals surface area contributed by atoms with Crippen molar-refractivity contribution in [1.82, 2.24) is 14.9 Å². The minimum absolute atomic E-state index is 0.104. The summed E-state index contributed by atoms with van der Waals surface area (Å²) >= 11 is 0. The van der Waals surface area contributed by atoms with Crippen molar-refractivity contribution in [3.63, 3.8) is 0 Å². The number of ether oxygens (including phenoxy) is 1. The van der Waals surface area contributed by atoms with Gasteiger partial charge in [-0.15, -0.1) is 0 Å². The minimum Gasteiger partial charge on any atom is -0.369 e. The Morgan fingerprint density at radius 1 is 1.62 bits per heavy atom. The number of rotatable bonds is 3. The van der Waals surface area contributed by atoms with Gasteiger partial charge in [-0.25, -0.2) is 4.98 Å². The lowest BCUT2D eigenvalue weighted by Gasteiger charge is -2.31. The average Bonchev–Trinajstić information content (AvgIpc) is 2.80. The second-order valence-corrected chi connectivity index (χ2v) is 4.92. The van der Waals surface area contributed by atoms with Gasteiger partial charge in [-0.1, -0.05) is 6.92 Å². The summed E-state index contributed by atoms with van der Waals surface area (Å²) in [5, 5.41) is 3.35. The number of hydrogen-bond acceptors (Lipinski definition) is 3. The molecule has 1 atom stereocenters. The van der Waals surface area contributed by atoms with Crippen LogP contribution in [-0.2, 0) is 10.3 Å². The Morgan fingerprint density at radius 3 is 3.06 bits per heavy atom. The van der Waals surface area contributed by atoms with Crippen LogP contribution in [0.25, 0.3) is 0 Å². The van der Waals surface area contributed by atoms with Gasteiger partial charge in [0.2, 0.25) is 0 Å². The summed E-state index contributed by atoms with van der Waals surface area (Å²) in [4.78, 5) is 4.27. The van der Waals surface area contributed by atoms with E-state index in [1.165, 1.54) is 5.69 Å². The van der Waals surface area contributed by atoms with Gasteiger partial charge in [0.1, 0.15) is 6.10 Å². The van der Waals surface area contributed by atoms with E-state index in [0.29, 0.717) is 0 Å². The van der Waals surface area contributed by atoms with Crippen LogP contribution < -0.4 is 5.32 Å². The summed E-state index contributed by atoms with van der Waals surface area (Å²) in [6.07, 6.45) is 5.06. The molecule has 90 valence electrons. The molecule has 16 heavy (non-hydrogen) atoms. The molecule has 2 rings (SSSR count). The number of imidazole rings is 1. The van der Waals surface area contributed by atoms with Crippen LogP contribution in [0.1, 0.15) is 39.0 Å². The number of morpholine rings is 1. The average molecular weight is 223 g/mol. The molecule has 0 amide bonds. The number of aromatic nitrogens is 2. The molecule has 1 aromatic rings. The highest BCUT2D eigenvalue weighted by atomic mass is 16.5.